The average molecular weight is 242 g/mol. The van der Waals surface area contributed by atoms with Crippen molar-refractivity contribution in [3.63, 3.8) is 0 Å². The van der Waals surface area contributed by atoms with Crippen molar-refractivity contribution in [1.29, 1.82) is 0 Å². The van der Waals surface area contributed by atoms with Gasteiger partial charge in [0.15, 0.2) is 0 Å². The number of nitrogens with zero attached hydrogens (tertiary/aromatic N) is 1. The van der Waals surface area contributed by atoms with E-state index in [0.717, 1.165) is 5.69 Å². The monoisotopic (exact) mass is 242 g/mol. The lowest BCUT2D eigenvalue weighted by Gasteiger charge is -2.00. The van der Waals surface area contributed by atoms with E-state index < -0.39 is 0 Å². The van der Waals surface area contributed by atoms with Gasteiger partial charge < -0.3 is 0 Å². The zero-order valence-electron chi connectivity index (χ0n) is 9.63. The highest BCUT2D eigenvalue weighted by Crippen LogP contribution is 2.17. The summed E-state index contributed by atoms with van der Waals surface area (Å²) in [7, 11) is 0. The van der Waals surface area contributed by atoms with Crippen molar-refractivity contribution < 1.29 is 0 Å². The molecule has 0 saturated carbocycles. The number of anilines is 1. The minimum absolute atomic E-state index is 1.05. The van der Waals surface area contributed by atoms with Gasteiger partial charge in [-0.2, -0.15) is 5.10 Å². The standard InChI is InChI=1S/C9H8N2.C5H6S/c1-2-6-9-8(4-1)5-3-7-10-11-9;1-5-3-2-4-6-5/h1-7,11H;2-4H,1H3. The lowest BCUT2D eigenvalue weighted by atomic mass is 10.2. The molecule has 0 bridgehead atoms. The number of para-hydroxylation sites is 1. The number of aryl methyl sites for hydroxylation is 1. The summed E-state index contributed by atoms with van der Waals surface area (Å²) in [5.74, 6) is 0. The Morgan fingerprint density at radius 2 is 2.00 bits per heavy atom. The molecule has 0 radical (unpaired) electrons. The molecular weight excluding hydrogens is 228 g/mol. The van der Waals surface area contributed by atoms with Crippen LogP contribution in [-0.4, -0.2) is 6.21 Å². The summed E-state index contributed by atoms with van der Waals surface area (Å²) in [4.78, 5) is 1.38. The maximum atomic E-state index is 3.95. The van der Waals surface area contributed by atoms with Gasteiger partial charge in [-0.25, -0.2) is 0 Å². The van der Waals surface area contributed by atoms with Crippen LogP contribution in [0, 0.1) is 6.92 Å². The molecule has 0 spiro atoms. The van der Waals surface area contributed by atoms with E-state index in [2.05, 4.69) is 35.0 Å². The fraction of sp³-hybridized carbons (Fsp3) is 0.0714. The topological polar surface area (TPSA) is 24.4 Å². The molecule has 2 heterocycles. The van der Waals surface area contributed by atoms with E-state index >= 15 is 0 Å². The molecule has 0 amide bonds. The molecule has 0 aliphatic carbocycles. The van der Waals surface area contributed by atoms with Crippen molar-refractivity contribution >= 4 is 29.3 Å². The highest BCUT2D eigenvalue weighted by atomic mass is 32.1. The minimum Gasteiger partial charge on any atom is -0.278 e. The Balaban J connectivity index is 0.000000153. The summed E-state index contributed by atoms with van der Waals surface area (Å²) >= 11 is 1.78. The van der Waals surface area contributed by atoms with E-state index in [1.807, 2.05) is 36.4 Å². The Hall–Kier alpha value is -1.87. The molecule has 1 N–H and O–H groups in total. The van der Waals surface area contributed by atoms with Gasteiger partial charge in [0.2, 0.25) is 0 Å². The van der Waals surface area contributed by atoms with Crippen LogP contribution in [0.1, 0.15) is 10.4 Å². The van der Waals surface area contributed by atoms with E-state index in [0.29, 0.717) is 0 Å². The molecule has 3 heteroatoms. The van der Waals surface area contributed by atoms with E-state index in [9.17, 15) is 0 Å². The maximum Gasteiger partial charge on any atom is 0.0634 e. The Kier molecular flexibility index (Phi) is 4.11. The SMILES string of the molecule is C1=Cc2ccccc2NN=C1.Cc1cccs1. The maximum absolute atomic E-state index is 3.95. The van der Waals surface area contributed by atoms with Crippen LogP contribution in [0.4, 0.5) is 5.69 Å². The first kappa shape index (κ1) is 11.6. The number of rotatable bonds is 0. The van der Waals surface area contributed by atoms with Gasteiger partial charge in [-0.3, -0.25) is 5.43 Å². The molecule has 1 aliphatic heterocycles. The molecule has 0 saturated heterocycles. The van der Waals surface area contributed by atoms with Crippen LogP contribution < -0.4 is 5.43 Å². The molecule has 2 nitrogen and oxygen atoms in total. The van der Waals surface area contributed by atoms with Gasteiger partial charge in [-0.15, -0.1) is 11.3 Å². The van der Waals surface area contributed by atoms with Crippen LogP contribution >= 0.6 is 11.3 Å². The number of nitrogens with one attached hydrogen (secondary N) is 1. The van der Waals surface area contributed by atoms with Crippen molar-refractivity contribution in [2.75, 3.05) is 5.43 Å². The third-order valence-corrected chi connectivity index (χ3v) is 3.05. The second-order valence-electron chi connectivity index (χ2n) is 3.56. The molecule has 0 unspecified atom stereocenters. The molecule has 17 heavy (non-hydrogen) atoms. The number of hydrazone groups is 1. The number of hydrogen-bond donors (Lipinski definition) is 1. The number of allylic oxidation sites excluding steroid dienone is 1. The molecule has 86 valence electrons. The Morgan fingerprint density at radius 3 is 2.71 bits per heavy atom. The molecule has 1 aromatic carbocycles. The molecule has 3 rings (SSSR count). The van der Waals surface area contributed by atoms with Crippen LogP contribution in [0.25, 0.3) is 6.08 Å². The minimum atomic E-state index is 1.05. The predicted octanol–water partition coefficient (Wildman–Crippen LogP) is 4.17. The van der Waals surface area contributed by atoms with Gasteiger partial charge in [-0.05, 0) is 36.1 Å². The van der Waals surface area contributed by atoms with Crippen LogP contribution in [0.5, 0.6) is 0 Å². The largest absolute Gasteiger partial charge is 0.278 e. The van der Waals surface area contributed by atoms with Gasteiger partial charge in [0.05, 0.1) is 5.69 Å². The van der Waals surface area contributed by atoms with E-state index in [1.165, 1.54) is 10.4 Å². The molecule has 1 aliphatic rings. The summed E-state index contributed by atoms with van der Waals surface area (Å²) < 4.78 is 0. The average Bonchev–Trinajstić information content (AvgIpc) is 2.70. The van der Waals surface area contributed by atoms with Crippen LogP contribution in [0.15, 0.2) is 53.0 Å². The lowest BCUT2D eigenvalue weighted by molar-refractivity contribution is 1.36. The van der Waals surface area contributed by atoms with Crippen molar-refractivity contribution in [2.24, 2.45) is 5.10 Å². The summed E-state index contributed by atoms with van der Waals surface area (Å²) in [6, 6.07) is 12.2. The van der Waals surface area contributed by atoms with Gasteiger partial charge in [0, 0.05) is 11.1 Å². The quantitative estimate of drug-likeness (QED) is 0.736. The fourth-order valence-corrected chi connectivity index (χ4v) is 1.93. The molecule has 0 fully saturated rings. The Morgan fingerprint density at radius 1 is 1.12 bits per heavy atom. The summed E-state index contributed by atoms with van der Waals surface area (Å²) in [6.07, 6.45) is 5.68. The normalized spacial score (nSPS) is 11.8. The Labute approximate surface area is 105 Å². The third-order valence-electron chi connectivity index (χ3n) is 2.25. The van der Waals surface area contributed by atoms with Gasteiger partial charge in [0.1, 0.15) is 0 Å². The first-order valence-corrected chi connectivity index (χ1v) is 6.29. The first-order chi connectivity index (χ1) is 8.36. The second-order valence-corrected chi connectivity index (χ2v) is 4.71. The second kappa shape index (κ2) is 6.01. The number of thiophene rings is 1. The van der Waals surface area contributed by atoms with Crippen LogP contribution in [0.2, 0.25) is 0 Å². The molecule has 2 aromatic rings. The van der Waals surface area contributed by atoms with Crippen molar-refractivity contribution in [3.05, 3.63) is 58.3 Å². The van der Waals surface area contributed by atoms with Crippen molar-refractivity contribution in [1.82, 2.24) is 0 Å². The summed E-state index contributed by atoms with van der Waals surface area (Å²) in [5, 5.41) is 6.03. The Bertz CT molecular complexity index is 513. The zero-order valence-corrected chi connectivity index (χ0v) is 10.4. The van der Waals surface area contributed by atoms with Gasteiger partial charge in [-0.1, -0.05) is 30.3 Å². The van der Waals surface area contributed by atoms with Gasteiger partial charge >= 0.3 is 0 Å². The van der Waals surface area contributed by atoms with Crippen molar-refractivity contribution in [2.45, 2.75) is 6.92 Å². The fourth-order valence-electron chi connectivity index (χ4n) is 1.40. The van der Waals surface area contributed by atoms with E-state index in [1.54, 1.807) is 17.6 Å². The molecule has 0 atom stereocenters. The van der Waals surface area contributed by atoms with E-state index in [-0.39, 0.29) is 0 Å². The summed E-state index contributed by atoms with van der Waals surface area (Å²) in [5.41, 5.74) is 5.16. The first-order valence-electron chi connectivity index (χ1n) is 5.41. The number of benzene rings is 1. The lowest BCUT2D eigenvalue weighted by Crippen LogP contribution is -1.87. The van der Waals surface area contributed by atoms with Gasteiger partial charge in [0.25, 0.3) is 0 Å². The highest BCUT2D eigenvalue weighted by molar-refractivity contribution is 7.09. The third kappa shape index (κ3) is 3.57. The number of hydrogen-bond acceptors (Lipinski definition) is 3. The summed E-state index contributed by atoms with van der Waals surface area (Å²) in [6.45, 7) is 2.10. The molecular formula is C14H14N2S. The van der Waals surface area contributed by atoms with E-state index in [4.69, 9.17) is 0 Å². The molecule has 1 aromatic heterocycles. The number of fused-ring (bicyclic) bond motifs is 1. The van der Waals surface area contributed by atoms with Crippen molar-refractivity contribution in [3.8, 4) is 0 Å². The highest BCUT2D eigenvalue weighted by Gasteiger charge is 1.96. The predicted molar refractivity (Wildman–Crippen MR) is 76.6 cm³/mol. The van der Waals surface area contributed by atoms with Crippen LogP contribution in [-0.2, 0) is 0 Å². The smallest absolute Gasteiger partial charge is 0.0634 e. The zero-order chi connectivity index (χ0) is 11.9. The van der Waals surface area contributed by atoms with Crippen LogP contribution in [0.3, 0.4) is 0 Å².